The first kappa shape index (κ1) is 33.4. The number of hydrogen-bond donors (Lipinski definition) is 0. The maximum atomic E-state index is 13.0. The van der Waals surface area contributed by atoms with Crippen LogP contribution in [0.15, 0.2) is 127 Å². The van der Waals surface area contributed by atoms with Gasteiger partial charge in [-0.05, 0) is 60.2 Å². The summed E-state index contributed by atoms with van der Waals surface area (Å²) >= 11 is 0. The Labute approximate surface area is 275 Å². The fourth-order valence-corrected chi connectivity index (χ4v) is 5.06. The number of ether oxygens (including phenoxy) is 1. The number of β-lactam (4-membered cyclic amide) rings is 1. The Hall–Kier alpha value is -4.52. The van der Waals surface area contributed by atoms with Crippen LogP contribution < -0.4 is 4.74 Å². The van der Waals surface area contributed by atoms with Crippen molar-refractivity contribution >= 4 is 17.8 Å². The third kappa shape index (κ3) is 9.24. The third-order valence-corrected chi connectivity index (χ3v) is 7.32. The van der Waals surface area contributed by atoms with Crippen LogP contribution in [0.3, 0.4) is 0 Å². The molecule has 1 amide bonds. The van der Waals surface area contributed by atoms with E-state index in [1.54, 1.807) is 41.2 Å². The molecule has 1 aromatic heterocycles. The van der Waals surface area contributed by atoms with Crippen LogP contribution in [0.2, 0.25) is 0 Å². The number of allylic oxidation sites excluding steroid dienone is 10. The zero-order valence-corrected chi connectivity index (χ0v) is 26.7. The summed E-state index contributed by atoms with van der Waals surface area (Å²) in [4.78, 5) is 27.4. The summed E-state index contributed by atoms with van der Waals surface area (Å²) in [6, 6.07) is 16.5. The summed E-state index contributed by atoms with van der Waals surface area (Å²) in [6.45, 7) is 5.10. The van der Waals surface area contributed by atoms with Crippen LogP contribution in [0, 0.1) is 5.92 Å². The molecule has 2 atom stereocenters. The van der Waals surface area contributed by atoms with Crippen molar-refractivity contribution in [2.75, 3.05) is 6.54 Å². The Morgan fingerprint density at radius 3 is 2.40 bits per heavy atom. The Bertz CT molecular complexity index is 1600. The molecule has 6 rings (SSSR count). The monoisotopic (exact) mass is 642 g/mol. The molecule has 8 heteroatoms. The van der Waals surface area contributed by atoms with E-state index in [1.807, 2.05) is 53.5 Å². The van der Waals surface area contributed by atoms with Gasteiger partial charge < -0.3 is 9.64 Å². The Morgan fingerprint density at radius 1 is 1.00 bits per heavy atom. The van der Waals surface area contributed by atoms with Gasteiger partial charge in [0.15, 0.2) is 11.8 Å². The molecule has 0 bridgehead atoms. The van der Waals surface area contributed by atoms with E-state index in [-0.39, 0.29) is 41.4 Å². The molecule has 2 heterocycles. The molecular weight excluding hydrogens is 604 g/mol. The summed E-state index contributed by atoms with van der Waals surface area (Å²) in [7, 11) is 0. The van der Waals surface area contributed by atoms with E-state index in [0.717, 1.165) is 24.0 Å². The molecule has 1 saturated heterocycles. The minimum Gasteiger partial charge on any atom is -0.487 e. The Balaban J connectivity index is 0.000000700. The van der Waals surface area contributed by atoms with Crippen molar-refractivity contribution in [2.45, 2.75) is 45.4 Å². The summed E-state index contributed by atoms with van der Waals surface area (Å²) in [6.07, 6.45) is 25.8. The number of aromatic nitrogens is 3. The minimum absolute atomic E-state index is 0. The predicted octanol–water partition coefficient (Wildman–Crippen LogP) is 7.10. The predicted molar refractivity (Wildman–Crippen MR) is 174 cm³/mol. The van der Waals surface area contributed by atoms with E-state index in [2.05, 4.69) is 66.7 Å². The smallest absolute Gasteiger partial charge is 0.250 e. The van der Waals surface area contributed by atoms with Crippen molar-refractivity contribution in [3.8, 4) is 5.75 Å². The molecule has 232 valence electrons. The van der Waals surface area contributed by atoms with Crippen LogP contribution in [0.5, 0.6) is 5.75 Å². The molecule has 0 radical (unpaired) electrons. The zero-order valence-electron chi connectivity index (χ0n) is 25.6. The first-order valence-electron chi connectivity index (χ1n) is 15.1. The van der Waals surface area contributed by atoms with Crippen molar-refractivity contribution in [3.05, 3.63) is 144 Å². The molecule has 2 aromatic carbocycles. The first-order valence-corrected chi connectivity index (χ1v) is 15.1. The van der Waals surface area contributed by atoms with Crippen LogP contribution in [-0.2, 0) is 28.5 Å². The fraction of sp³-hybridized carbons (Fsp3) is 0.243. The largest absolute Gasteiger partial charge is 0.487 e. The molecular formula is C37H38FeN4O3. The van der Waals surface area contributed by atoms with Gasteiger partial charge in [0.05, 0.1) is 12.2 Å². The summed E-state index contributed by atoms with van der Waals surface area (Å²) < 4.78 is 7.51. The molecule has 1 unspecified atom stereocenters. The van der Waals surface area contributed by atoms with Crippen molar-refractivity contribution in [2.24, 2.45) is 5.92 Å². The molecule has 1 fully saturated rings. The quantitative estimate of drug-likeness (QED) is 0.0965. The maximum absolute atomic E-state index is 13.0. The van der Waals surface area contributed by atoms with Gasteiger partial charge in [0, 0.05) is 29.2 Å². The zero-order chi connectivity index (χ0) is 30.7. The molecule has 7 nitrogen and oxygen atoms in total. The molecule has 0 saturated carbocycles. The topological polar surface area (TPSA) is 77.3 Å². The molecule has 0 N–H and O–H groups in total. The summed E-state index contributed by atoms with van der Waals surface area (Å²) in [5, 5.41) is 8.49. The van der Waals surface area contributed by atoms with E-state index >= 15 is 0 Å². The summed E-state index contributed by atoms with van der Waals surface area (Å²) in [5.41, 5.74) is 3.35. The van der Waals surface area contributed by atoms with Crippen LogP contribution >= 0.6 is 0 Å². The normalized spacial score (nSPS) is 18.2. The van der Waals surface area contributed by atoms with E-state index in [9.17, 15) is 9.59 Å². The Kier molecular flexibility index (Phi) is 12.3. The Morgan fingerprint density at radius 2 is 1.76 bits per heavy atom. The number of likely N-dealkylation sites (tertiary alicyclic amines) is 1. The van der Waals surface area contributed by atoms with Crippen molar-refractivity contribution < 1.29 is 31.4 Å². The first-order chi connectivity index (χ1) is 21.5. The second kappa shape index (κ2) is 16.5. The number of benzene rings is 2. The van der Waals surface area contributed by atoms with Gasteiger partial charge in [-0.1, -0.05) is 110 Å². The van der Waals surface area contributed by atoms with Gasteiger partial charge in [-0.2, -0.15) is 0 Å². The van der Waals surface area contributed by atoms with E-state index in [1.165, 1.54) is 0 Å². The van der Waals surface area contributed by atoms with E-state index in [4.69, 9.17) is 4.74 Å². The number of hydrogen-bond acceptors (Lipinski definition) is 5. The van der Waals surface area contributed by atoms with Crippen LogP contribution in [0.4, 0.5) is 0 Å². The third-order valence-electron chi connectivity index (χ3n) is 7.32. The standard InChI is InChI=1S/C32H32N4O3.C5H6.Fe/c1-23(2)20-35-29(18-12-24-8-4-3-5-9-24)31(32(35)38)36-21-27(33-34-36)22-39-28-16-14-26(15-17-28)30(37)19-13-25-10-6-7-11-25;1-2-4-5-3-1;/h3-6,8-19,21,23,29,31H,7,20,22H2,1-2H3;1-4H,5H2;/b18-12+,19-13+;;/t29-,31?;;/m1../s1. The number of carbonyl (C=O) groups is 2. The molecule has 45 heavy (non-hydrogen) atoms. The second-order valence-corrected chi connectivity index (χ2v) is 11.2. The fourth-order valence-electron chi connectivity index (χ4n) is 5.06. The number of nitrogens with zero attached hydrogens (tertiary/aromatic N) is 4. The van der Waals surface area contributed by atoms with Gasteiger partial charge in [0.2, 0.25) is 0 Å². The van der Waals surface area contributed by atoms with E-state index < -0.39 is 6.04 Å². The number of amides is 1. The maximum Gasteiger partial charge on any atom is 0.250 e. The summed E-state index contributed by atoms with van der Waals surface area (Å²) in [5.74, 6) is 0.969. The van der Waals surface area contributed by atoms with E-state index in [0.29, 0.717) is 29.5 Å². The number of rotatable bonds is 11. The average Bonchev–Trinajstić information content (AvgIpc) is 3.86. The van der Waals surface area contributed by atoms with Gasteiger partial charge in [-0.25, -0.2) is 4.68 Å². The van der Waals surface area contributed by atoms with Gasteiger partial charge >= 0.3 is 0 Å². The van der Waals surface area contributed by atoms with Crippen molar-refractivity contribution in [1.29, 1.82) is 0 Å². The average molecular weight is 643 g/mol. The molecule has 1 aliphatic heterocycles. The van der Waals surface area contributed by atoms with Crippen LogP contribution in [-0.4, -0.2) is 44.2 Å². The number of carbonyl (C=O) groups excluding carboxylic acids is 2. The van der Waals surface area contributed by atoms with Crippen molar-refractivity contribution in [3.63, 3.8) is 0 Å². The van der Waals surface area contributed by atoms with Crippen LogP contribution in [0.1, 0.15) is 54.3 Å². The second-order valence-electron chi connectivity index (χ2n) is 11.2. The van der Waals surface area contributed by atoms with Gasteiger partial charge in [-0.15, -0.1) is 5.10 Å². The van der Waals surface area contributed by atoms with Gasteiger partial charge in [0.1, 0.15) is 18.1 Å². The molecule has 0 spiro atoms. The van der Waals surface area contributed by atoms with Gasteiger partial charge in [-0.3, -0.25) is 9.59 Å². The molecule has 3 aromatic rings. The van der Waals surface area contributed by atoms with Gasteiger partial charge in [0.25, 0.3) is 5.91 Å². The SMILES string of the molecule is C1=CCC=C1.CC(C)CN1C(=O)C(n2cc(COc3ccc(C(=O)/C=C/C4=CCC=C4)cc3)nn2)[C@H]1/C=C/c1ccccc1.[Fe]. The van der Waals surface area contributed by atoms with Crippen molar-refractivity contribution in [1.82, 2.24) is 19.9 Å². The minimum atomic E-state index is -0.432. The molecule has 3 aliphatic rings. The number of ketones is 1. The van der Waals surface area contributed by atoms with Crippen LogP contribution in [0.25, 0.3) is 6.08 Å². The molecule has 2 aliphatic carbocycles.